The van der Waals surface area contributed by atoms with Gasteiger partial charge in [0.1, 0.15) is 5.54 Å². The normalized spacial score (nSPS) is 18.9. The fourth-order valence-corrected chi connectivity index (χ4v) is 6.57. The minimum Gasteiger partial charge on any atom is -0.343 e. The monoisotopic (exact) mass is 495 g/mol. The van der Waals surface area contributed by atoms with Gasteiger partial charge >= 0.3 is 0 Å². The molecule has 2 aromatic heterocycles. The maximum absolute atomic E-state index is 12.9. The van der Waals surface area contributed by atoms with Gasteiger partial charge in [-0.25, -0.2) is 4.98 Å². The van der Waals surface area contributed by atoms with E-state index >= 15 is 0 Å². The quantitative estimate of drug-likeness (QED) is 0.497. The van der Waals surface area contributed by atoms with Crippen LogP contribution in [-0.2, 0) is 21.5 Å². The summed E-state index contributed by atoms with van der Waals surface area (Å²) in [6, 6.07) is 8.25. The zero-order valence-electron chi connectivity index (χ0n) is 20.3. The van der Waals surface area contributed by atoms with Crippen LogP contribution in [0.1, 0.15) is 87.4 Å². The number of rotatable bonds is 6. The van der Waals surface area contributed by atoms with Crippen LogP contribution >= 0.6 is 11.3 Å². The predicted octanol–water partition coefficient (Wildman–Crippen LogP) is 4.70. The lowest BCUT2D eigenvalue weighted by molar-refractivity contribution is -0.132. The smallest absolute Gasteiger partial charge is 0.227 e. The lowest BCUT2D eigenvalue weighted by Gasteiger charge is -2.31. The van der Waals surface area contributed by atoms with Crippen molar-refractivity contribution in [1.29, 1.82) is 0 Å². The van der Waals surface area contributed by atoms with Gasteiger partial charge in [-0.1, -0.05) is 43.0 Å². The van der Waals surface area contributed by atoms with Crippen LogP contribution in [0.4, 0.5) is 0 Å². The molecule has 0 unspecified atom stereocenters. The number of amides is 2. The number of likely N-dealkylation sites (tertiary alicyclic amines) is 1. The third-order valence-corrected chi connectivity index (χ3v) is 8.53. The minimum absolute atomic E-state index is 0.0809. The van der Waals surface area contributed by atoms with Crippen LogP contribution in [0.15, 0.2) is 28.8 Å². The van der Waals surface area contributed by atoms with Gasteiger partial charge in [0.05, 0.1) is 15.2 Å². The van der Waals surface area contributed by atoms with E-state index in [2.05, 4.69) is 27.6 Å². The van der Waals surface area contributed by atoms with E-state index in [0.29, 0.717) is 30.5 Å². The number of carbonyl (C=O) groups is 2. The highest BCUT2D eigenvalue weighted by molar-refractivity contribution is 7.18. The molecule has 1 aliphatic carbocycles. The molecule has 1 N–H and O–H groups in total. The molecule has 0 spiro atoms. The molecule has 3 heterocycles. The van der Waals surface area contributed by atoms with Crippen molar-refractivity contribution >= 4 is 33.4 Å². The Kier molecular flexibility index (Phi) is 7.13. The van der Waals surface area contributed by atoms with Crippen LogP contribution in [0, 0.1) is 0 Å². The summed E-state index contributed by atoms with van der Waals surface area (Å²) in [5, 5.41) is 8.51. The maximum Gasteiger partial charge on any atom is 0.227 e. The topological polar surface area (TPSA) is 101 Å². The maximum atomic E-state index is 12.9. The Morgan fingerprint density at radius 3 is 2.57 bits per heavy atom. The number of fused-ring (bicyclic) bond motifs is 1. The molecule has 1 aromatic carbocycles. The first-order valence-electron chi connectivity index (χ1n) is 12.8. The zero-order chi connectivity index (χ0) is 24.3. The van der Waals surface area contributed by atoms with E-state index in [-0.39, 0.29) is 11.8 Å². The first-order chi connectivity index (χ1) is 17.0. The Hall–Kier alpha value is -2.81. The number of nitrogens with zero attached hydrogens (tertiary/aromatic N) is 4. The lowest BCUT2D eigenvalue weighted by Crippen LogP contribution is -2.45. The second-order valence-corrected chi connectivity index (χ2v) is 10.9. The van der Waals surface area contributed by atoms with Gasteiger partial charge in [0.15, 0.2) is 5.82 Å². The molecule has 1 aliphatic heterocycles. The molecule has 1 saturated heterocycles. The summed E-state index contributed by atoms with van der Waals surface area (Å²) in [7, 11) is 0. The van der Waals surface area contributed by atoms with E-state index in [1.54, 1.807) is 11.3 Å². The van der Waals surface area contributed by atoms with E-state index in [1.165, 1.54) is 16.6 Å². The Morgan fingerprint density at radius 2 is 1.86 bits per heavy atom. The van der Waals surface area contributed by atoms with Crippen LogP contribution < -0.4 is 5.32 Å². The SMILES string of the molecule is CC(=O)NC1(c2noc(CCC(=O)N3CCC(c4nc5ccccc5s4)CC3)n2)CCCCCC1. The Balaban J connectivity index is 1.15. The first-order valence-corrected chi connectivity index (χ1v) is 13.6. The molecule has 5 rings (SSSR count). The molecule has 8 nitrogen and oxygen atoms in total. The van der Waals surface area contributed by atoms with Crippen molar-refractivity contribution in [2.45, 2.75) is 82.6 Å². The molecule has 1 saturated carbocycles. The molecule has 186 valence electrons. The summed E-state index contributed by atoms with van der Waals surface area (Å²) in [4.78, 5) is 36.2. The molecule has 2 fully saturated rings. The van der Waals surface area contributed by atoms with Crippen LogP contribution in [-0.4, -0.2) is 44.9 Å². The summed E-state index contributed by atoms with van der Waals surface area (Å²) < 4.78 is 6.74. The Labute approximate surface area is 209 Å². The highest BCUT2D eigenvalue weighted by Crippen LogP contribution is 2.35. The van der Waals surface area contributed by atoms with Crippen LogP contribution in [0.2, 0.25) is 0 Å². The molecule has 2 amide bonds. The van der Waals surface area contributed by atoms with Crippen LogP contribution in [0.3, 0.4) is 0 Å². The Bertz CT molecular complexity index is 1140. The molecule has 3 aromatic rings. The molecule has 35 heavy (non-hydrogen) atoms. The van der Waals surface area contributed by atoms with Crippen molar-refractivity contribution in [2.24, 2.45) is 0 Å². The summed E-state index contributed by atoms with van der Waals surface area (Å²) in [6.45, 7) is 3.03. The number of nitrogens with one attached hydrogen (secondary N) is 1. The van der Waals surface area contributed by atoms with Crippen molar-refractivity contribution < 1.29 is 14.1 Å². The number of hydrogen-bond donors (Lipinski definition) is 1. The van der Waals surface area contributed by atoms with E-state index in [0.717, 1.165) is 70.0 Å². The number of thiazole rings is 1. The van der Waals surface area contributed by atoms with Crippen molar-refractivity contribution in [1.82, 2.24) is 25.3 Å². The number of piperidine rings is 1. The average Bonchev–Trinajstić information content (AvgIpc) is 3.46. The van der Waals surface area contributed by atoms with E-state index in [1.807, 2.05) is 17.0 Å². The van der Waals surface area contributed by atoms with Gasteiger partial charge in [-0.3, -0.25) is 9.59 Å². The highest BCUT2D eigenvalue weighted by atomic mass is 32.1. The molecule has 0 bridgehead atoms. The molecule has 0 radical (unpaired) electrons. The number of carbonyl (C=O) groups excluding carboxylic acids is 2. The van der Waals surface area contributed by atoms with Gasteiger partial charge in [-0.15, -0.1) is 11.3 Å². The number of benzene rings is 1. The van der Waals surface area contributed by atoms with Gasteiger partial charge in [0.2, 0.25) is 17.7 Å². The van der Waals surface area contributed by atoms with E-state index in [4.69, 9.17) is 9.51 Å². The third kappa shape index (κ3) is 5.39. The fraction of sp³-hybridized carbons (Fsp3) is 0.577. The van der Waals surface area contributed by atoms with Crippen LogP contribution in [0.25, 0.3) is 10.2 Å². The van der Waals surface area contributed by atoms with Crippen molar-refractivity contribution in [2.75, 3.05) is 13.1 Å². The Morgan fingerprint density at radius 1 is 1.11 bits per heavy atom. The summed E-state index contributed by atoms with van der Waals surface area (Å²) in [5.74, 6) is 1.47. The van der Waals surface area contributed by atoms with E-state index < -0.39 is 5.54 Å². The highest BCUT2D eigenvalue weighted by Gasteiger charge is 2.38. The largest absolute Gasteiger partial charge is 0.343 e. The molecular formula is C26H33N5O3S. The van der Waals surface area contributed by atoms with Crippen molar-refractivity contribution in [3.05, 3.63) is 41.0 Å². The second kappa shape index (κ2) is 10.4. The van der Waals surface area contributed by atoms with Gasteiger partial charge < -0.3 is 14.7 Å². The molecule has 2 aliphatic rings. The van der Waals surface area contributed by atoms with E-state index in [9.17, 15) is 9.59 Å². The van der Waals surface area contributed by atoms with Crippen molar-refractivity contribution in [3.8, 4) is 0 Å². The minimum atomic E-state index is -0.559. The molecular weight excluding hydrogens is 462 g/mol. The molecule has 0 atom stereocenters. The third-order valence-electron chi connectivity index (χ3n) is 7.33. The van der Waals surface area contributed by atoms with Gasteiger partial charge in [-0.05, 0) is 37.8 Å². The average molecular weight is 496 g/mol. The molecule has 9 heteroatoms. The second-order valence-electron chi connectivity index (χ2n) is 9.86. The van der Waals surface area contributed by atoms with Gasteiger partial charge in [0.25, 0.3) is 0 Å². The van der Waals surface area contributed by atoms with Crippen LogP contribution in [0.5, 0.6) is 0 Å². The standard InChI is InChI=1S/C26H33N5O3S/c1-18(32)29-26(14-6-2-3-7-15-26)25-28-22(34-30-25)10-11-23(33)31-16-12-19(13-17-31)24-27-20-8-4-5-9-21(20)35-24/h4-5,8-9,19H,2-3,6-7,10-17H2,1H3,(H,29,32). The number of para-hydroxylation sites is 1. The van der Waals surface area contributed by atoms with Crippen molar-refractivity contribution in [3.63, 3.8) is 0 Å². The zero-order valence-corrected chi connectivity index (χ0v) is 21.1. The summed E-state index contributed by atoms with van der Waals surface area (Å²) in [5.41, 5.74) is 0.505. The fourth-order valence-electron chi connectivity index (χ4n) is 5.44. The number of aromatic nitrogens is 3. The summed E-state index contributed by atoms with van der Waals surface area (Å²) >= 11 is 1.77. The number of aryl methyl sites for hydroxylation is 1. The number of hydrogen-bond acceptors (Lipinski definition) is 7. The lowest BCUT2D eigenvalue weighted by atomic mass is 9.89. The predicted molar refractivity (Wildman–Crippen MR) is 134 cm³/mol. The van der Waals surface area contributed by atoms with Gasteiger partial charge in [0, 0.05) is 38.8 Å². The first kappa shape index (κ1) is 23.9. The van der Waals surface area contributed by atoms with Gasteiger partial charge in [-0.2, -0.15) is 4.98 Å². The summed E-state index contributed by atoms with van der Waals surface area (Å²) in [6.07, 6.45) is 8.62.